The number of hydrogen-bond donors (Lipinski definition) is 1. The lowest BCUT2D eigenvalue weighted by Crippen LogP contribution is -2.51. The smallest absolute Gasteiger partial charge is 0.409 e. The minimum absolute atomic E-state index is 0.0347. The number of piperazine rings is 1. The molecule has 1 aliphatic heterocycles. The van der Waals surface area contributed by atoms with E-state index in [1.807, 2.05) is 20.8 Å². The Labute approximate surface area is 157 Å². The number of amides is 3. The van der Waals surface area contributed by atoms with Gasteiger partial charge in [0.05, 0.1) is 18.7 Å². The number of carbonyl (C=O) groups is 3. The van der Waals surface area contributed by atoms with Gasteiger partial charge in [-0.25, -0.2) is 9.78 Å². The van der Waals surface area contributed by atoms with Gasteiger partial charge in [-0.05, 0) is 6.92 Å². The van der Waals surface area contributed by atoms with Crippen LogP contribution in [0.1, 0.15) is 33.4 Å². The highest BCUT2D eigenvalue weighted by Crippen LogP contribution is 2.21. The number of nitrogens with one attached hydrogen (secondary N) is 1. The first-order valence-corrected chi connectivity index (χ1v) is 9.54. The van der Waals surface area contributed by atoms with Gasteiger partial charge >= 0.3 is 6.09 Å². The molecule has 26 heavy (non-hydrogen) atoms. The maximum Gasteiger partial charge on any atom is 0.409 e. The Hall–Kier alpha value is -2.16. The van der Waals surface area contributed by atoms with Crippen molar-refractivity contribution in [3.63, 3.8) is 0 Å². The molecule has 2 heterocycles. The molecule has 0 atom stereocenters. The molecule has 1 aliphatic rings. The summed E-state index contributed by atoms with van der Waals surface area (Å²) in [5.41, 5.74) is 0.136. The van der Waals surface area contributed by atoms with Crippen molar-refractivity contribution in [3.8, 4) is 0 Å². The first-order chi connectivity index (χ1) is 12.2. The number of nitrogens with zero attached hydrogens (tertiary/aromatic N) is 3. The molecule has 0 saturated carbocycles. The highest BCUT2D eigenvalue weighted by Gasteiger charge is 2.26. The zero-order valence-electron chi connectivity index (χ0n) is 15.7. The molecule has 8 nitrogen and oxygen atoms in total. The van der Waals surface area contributed by atoms with Crippen molar-refractivity contribution in [2.45, 2.75) is 34.1 Å². The van der Waals surface area contributed by atoms with Crippen LogP contribution >= 0.6 is 11.3 Å². The lowest BCUT2D eigenvalue weighted by Gasteiger charge is -2.34. The van der Waals surface area contributed by atoms with Crippen LogP contribution in [0.3, 0.4) is 0 Å². The van der Waals surface area contributed by atoms with Crippen molar-refractivity contribution < 1.29 is 19.1 Å². The van der Waals surface area contributed by atoms with Crippen molar-refractivity contribution in [1.29, 1.82) is 0 Å². The topological polar surface area (TPSA) is 91.8 Å². The maximum atomic E-state index is 12.4. The molecule has 9 heteroatoms. The molecule has 1 fully saturated rings. The van der Waals surface area contributed by atoms with E-state index in [0.29, 0.717) is 43.6 Å². The van der Waals surface area contributed by atoms with Crippen molar-refractivity contribution in [1.82, 2.24) is 14.8 Å². The second-order valence-corrected chi connectivity index (χ2v) is 7.95. The third kappa shape index (κ3) is 5.42. The molecular weight excluding hydrogens is 356 g/mol. The monoisotopic (exact) mass is 382 g/mol. The van der Waals surface area contributed by atoms with E-state index in [2.05, 4.69) is 10.3 Å². The lowest BCUT2D eigenvalue weighted by atomic mass is 9.96. The largest absolute Gasteiger partial charge is 0.450 e. The Morgan fingerprint density at radius 3 is 2.38 bits per heavy atom. The molecular formula is C17H26N4O4S. The van der Waals surface area contributed by atoms with Crippen LogP contribution in [0.5, 0.6) is 0 Å². The van der Waals surface area contributed by atoms with E-state index in [1.165, 1.54) is 11.3 Å². The molecule has 1 saturated heterocycles. The van der Waals surface area contributed by atoms with E-state index in [9.17, 15) is 14.4 Å². The average molecular weight is 382 g/mol. The number of hydrogen-bond acceptors (Lipinski definition) is 6. The van der Waals surface area contributed by atoms with Crippen molar-refractivity contribution >= 4 is 34.4 Å². The molecule has 1 aromatic rings. The van der Waals surface area contributed by atoms with Crippen LogP contribution in [0, 0.1) is 5.41 Å². The predicted octanol–water partition coefficient (Wildman–Crippen LogP) is 1.97. The summed E-state index contributed by atoms with van der Waals surface area (Å²) in [5.74, 6) is -0.146. The predicted molar refractivity (Wildman–Crippen MR) is 99.1 cm³/mol. The number of carbonyl (C=O) groups excluding carboxylic acids is 3. The van der Waals surface area contributed by atoms with E-state index < -0.39 is 5.41 Å². The fourth-order valence-electron chi connectivity index (χ4n) is 2.35. The van der Waals surface area contributed by atoms with E-state index in [0.717, 1.165) is 0 Å². The summed E-state index contributed by atoms with van der Waals surface area (Å²) in [6.45, 7) is 9.50. The molecule has 0 radical (unpaired) electrons. The van der Waals surface area contributed by atoms with Crippen LogP contribution in [-0.4, -0.2) is 65.5 Å². The molecule has 3 amide bonds. The van der Waals surface area contributed by atoms with Gasteiger partial charge in [0.2, 0.25) is 11.8 Å². The SMILES string of the molecule is CCOC(=O)N1CCN(C(=O)Cc2csc(NC(=O)C(C)(C)C)n2)CC1. The molecule has 1 N–H and O–H groups in total. The molecule has 2 rings (SSSR count). The third-order valence-corrected chi connectivity index (χ3v) is 4.75. The molecule has 1 aromatic heterocycles. The van der Waals surface area contributed by atoms with Gasteiger partial charge in [-0.2, -0.15) is 0 Å². The van der Waals surface area contributed by atoms with Crippen LogP contribution in [0.4, 0.5) is 9.93 Å². The van der Waals surface area contributed by atoms with Gasteiger partial charge < -0.3 is 19.9 Å². The summed E-state index contributed by atoms with van der Waals surface area (Å²) in [6.07, 6.45) is -0.153. The van der Waals surface area contributed by atoms with Crippen molar-refractivity contribution in [3.05, 3.63) is 11.1 Å². The van der Waals surface area contributed by atoms with E-state index in [4.69, 9.17) is 4.74 Å². The summed E-state index contributed by atoms with van der Waals surface area (Å²) in [6, 6.07) is 0. The Kier molecular flexibility index (Phi) is 6.57. The molecule has 0 aliphatic carbocycles. The third-order valence-electron chi connectivity index (χ3n) is 3.94. The highest BCUT2D eigenvalue weighted by atomic mass is 32.1. The Balaban J connectivity index is 1.84. The fraction of sp³-hybridized carbons (Fsp3) is 0.647. The second-order valence-electron chi connectivity index (χ2n) is 7.09. The lowest BCUT2D eigenvalue weighted by molar-refractivity contribution is -0.132. The highest BCUT2D eigenvalue weighted by molar-refractivity contribution is 7.13. The van der Waals surface area contributed by atoms with E-state index >= 15 is 0 Å². The summed E-state index contributed by atoms with van der Waals surface area (Å²) in [7, 11) is 0. The van der Waals surface area contributed by atoms with Gasteiger partial charge in [0.1, 0.15) is 0 Å². The quantitative estimate of drug-likeness (QED) is 0.860. The molecule has 0 aromatic carbocycles. The first-order valence-electron chi connectivity index (χ1n) is 8.66. The zero-order chi connectivity index (χ0) is 19.3. The van der Waals surface area contributed by atoms with Gasteiger partial charge in [0.15, 0.2) is 5.13 Å². The van der Waals surface area contributed by atoms with E-state index in [-0.39, 0.29) is 24.3 Å². The Bertz CT molecular complexity index is 660. The molecule has 0 spiro atoms. The summed E-state index contributed by atoms with van der Waals surface area (Å²) >= 11 is 1.31. The number of ether oxygens (including phenoxy) is 1. The van der Waals surface area contributed by atoms with Crippen LogP contribution < -0.4 is 5.32 Å². The molecule has 0 bridgehead atoms. The maximum absolute atomic E-state index is 12.4. The first kappa shape index (κ1) is 20.2. The summed E-state index contributed by atoms with van der Waals surface area (Å²) in [5, 5.41) is 5.05. The van der Waals surface area contributed by atoms with Crippen molar-refractivity contribution in [2.75, 3.05) is 38.1 Å². The summed E-state index contributed by atoms with van der Waals surface area (Å²) < 4.78 is 4.97. The normalized spacial score (nSPS) is 14.9. The number of rotatable bonds is 4. The summed E-state index contributed by atoms with van der Waals surface area (Å²) in [4.78, 5) is 43.7. The average Bonchev–Trinajstić information content (AvgIpc) is 3.01. The van der Waals surface area contributed by atoms with Crippen LogP contribution in [0.2, 0.25) is 0 Å². The van der Waals surface area contributed by atoms with Crippen LogP contribution in [0.15, 0.2) is 5.38 Å². The van der Waals surface area contributed by atoms with Gasteiger partial charge in [0, 0.05) is 37.0 Å². The second kappa shape index (κ2) is 8.48. The molecule has 144 valence electrons. The van der Waals surface area contributed by atoms with Gasteiger partial charge in [-0.15, -0.1) is 11.3 Å². The van der Waals surface area contributed by atoms with Gasteiger partial charge in [0.25, 0.3) is 0 Å². The molecule has 0 unspecified atom stereocenters. The number of thiazole rings is 1. The zero-order valence-corrected chi connectivity index (χ0v) is 16.5. The van der Waals surface area contributed by atoms with Gasteiger partial charge in [-0.3, -0.25) is 9.59 Å². The number of anilines is 1. The number of aromatic nitrogens is 1. The minimum atomic E-state index is -0.500. The van der Waals surface area contributed by atoms with Crippen LogP contribution in [0.25, 0.3) is 0 Å². The minimum Gasteiger partial charge on any atom is -0.450 e. The standard InChI is InChI=1S/C17H26N4O4S/c1-5-25-16(24)21-8-6-20(7-9-21)13(22)10-12-11-26-15(18-12)19-14(23)17(2,3)4/h11H,5-10H2,1-4H3,(H,18,19,23). The van der Waals surface area contributed by atoms with Crippen LogP contribution in [-0.2, 0) is 20.7 Å². The fourth-order valence-corrected chi connectivity index (χ4v) is 3.06. The Morgan fingerprint density at radius 1 is 1.19 bits per heavy atom. The van der Waals surface area contributed by atoms with E-state index in [1.54, 1.807) is 22.1 Å². The van der Waals surface area contributed by atoms with Gasteiger partial charge in [-0.1, -0.05) is 20.8 Å². The van der Waals surface area contributed by atoms with Crippen molar-refractivity contribution in [2.24, 2.45) is 5.41 Å². The Morgan fingerprint density at radius 2 is 1.81 bits per heavy atom.